The van der Waals surface area contributed by atoms with Crippen LogP contribution in [0.15, 0.2) is 28.7 Å². The second-order valence-electron chi connectivity index (χ2n) is 12.8. The maximum atomic E-state index is 11.4. The van der Waals surface area contributed by atoms with Gasteiger partial charge in [-0.05, 0) is 110 Å². The number of benzene rings is 2. The van der Waals surface area contributed by atoms with Crippen molar-refractivity contribution in [2.75, 3.05) is 0 Å². The predicted molar refractivity (Wildman–Crippen MR) is 193 cm³/mol. The van der Waals surface area contributed by atoms with Crippen molar-refractivity contribution in [2.24, 2.45) is 0 Å². The topological polar surface area (TPSA) is 40.5 Å². The lowest BCUT2D eigenvalue weighted by atomic mass is 9.79. The molecule has 0 heterocycles. The van der Waals surface area contributed by atoms with Crippen LogP contribution in [0.2, 0.25) is 0 Å². The van der Waals surface area contributed by atoms with Gasteiger partial charge >= 0.3 is 0 Å². The van der Waals surface area contributed by atoms with Gasteiger partial charge in [0.25, 0.3) is 0 Å². The van der Waals surface area contributed by atoms with Gasteiger partial charge in [0.1, 0.15) is 12.2 Å². The Bertz CT molecular complexity index is 970. The highest BCUT2D eigenvalue weighted by Gasteiger charge is 2.32. The van der Waals surface area contributed by atoms with Crippen molar-refractivity contribution < 1.29 is 10.2 Å². The zero-order valence-electron chi connectivity index (χ0n) is 26.7. The Kier molecular flexibility index (Phi) is 17.7. The van der Waals surface area contributed by atoms with Gasteiger partial charge in [0, 0.05) is 8.04 Å². The first-order chi connectivity index (χ1) is 20.5. The molecule has 1 aliphatic rings. The molecule has 0 bridgehead atoms. The van der Waals surface area contributed by atoms with Gasteiger partial charge in [-0.15, -0.1) is 0 Å². The van der Waals surface area contributed by atoms with E-state index < -0.39 is 12.2 Å². The van der Waals surface area contributed by atoms with Crippen molar-refractivity contribution in [3.63, 3.8) is 0 Å². The summed E-state index contributed by atoms with van der Waals surface area (Å²) >= 11 is 5.92. The third-order valence-electron chi connectivity index (χ3n) is 9.31. The largest absolute Gasteiger partial charge is 0.384 e. The summed E-state index contributed by atoms with van der Waals surface area (Å²) < 4.78 is 2.03. The monoisotopic (exact) mass is 752 g/mol. The van der Waals surface area contributed by atoms with Crippen LogP contribution < -0.4 is 0 Å². The van der Waals surface area contributed by atoms with E-state index in [1.54, 1.807) is 0 Å². The molecule has 4 heteroatoms. The summed E-state index contributed by atoms with van der Waals surface area (Å²) in [6.07, 6.45) is 27.7. The van der Waals surface area contributed by atoms with Gasteiger partial charge in [-0.3, -0.25) is 0 Å². The molecule has 2 atom stereocenters. The van der Waals surface area contributed by atoms with Crippen LogP contribution in [0, 0.1) is 3.57 Å². The zero-order valence-corrected chi connectivity index (χ0v) is 30.4. The average molecular weight is 754 g/mol. The Balaban J connectivity index is 1.59. The Labute approximate surface area is 280 Å². The van der Waals surface area contributed by atoms with Crippen molar-refractivity contribution >= 4 is 38.5 Å². The van der Waals surface area contributed by atoms with Crippen LogP contribution in [0.4, 0.5) is 0 Å². The molecule has 0 amide bonds. The first-order valence-corrected chi connectivity index (χ1v) is 19.4. The molecule has 1 aliphatic carbocycles. The molecular weight excluding hydrogens is 695 g/mol. The van der Waals surface area contributed by atoms with Crippen molar-refractivity contribution in [3.8, 4) is 0 Å². The molecule has 0 spiro atoms. The van der Waals surface area contributed by atoms with Crippen LogP contribution in [-0.2, 0) is 12.8 Å². The van der Waals surface area contributed by atoms with Crippen molar-refractivity contribution in [2.45, 2.75) is 167 Å². The minimum absolute atomic E-state index is 0.683. The molecule has 2 aromatic rings. The third kappa shape index (κ3) is 11.5. The second-order valence-corrected chi connectivity index (χ2v) is 14.8. The zero-order chi connectivity index (χ0) is 30.2. The highest BCUT2D eigenvalue weighted by Crippen LogP contribution is 2.44. The minimum Gasteiger partial charge on any atom is -0.384 e. The molecule has 2 unspecified atom stereocenters. The smallest absolute Gasteiger partial charge is 0.105 e. The normalized spacial score (nSPS) is 16.0. The number of aliphatic hydroxyl groups is 2. The fourth-order valence-corrected chi connectivity index (χ4v) is 7.51. The quantitative estimate of drug-likeness (QED) is 0.0929. The summed E-state index contributed by atoms with van der Waals surface area (Å²) in [4.78, 5) is 0. The summed E-state index contributed by atoms with van der Waals surface area (Å²) in [6, 6.07) is 8.52. The SMILES string of the molecule is CCCCCCCCCCCCc1cc2c(cc1CCCCCCCCCCCC)C(O)c1cc(I)c(Br)cc1C2O. The first-order valence-electron chi connectivity index (χ1n) is 17.5. The number of halogens is 2. The van der Waals surface area contributed by atoms with Gasteiger partial charge < -0.3 is 10.2 Å². The molecule has 0 fully saturated rings. The van der Waals surface area contributed by atoms with Crippen LogP contribution in [0.1, 0.15) is 188 Å². The summed E-state index contributed by atoms with van der Waals surface area (Å²) in [5, 5.41) is 22.9. The summed E-state index contributed by atoms with van der Waals surface area (Å²) in [6.45, 7) is 4.57. The molecule has 2 nitrogen and oxygen atoms in total. The van der Waals surface area contributed by atoms with E-state index in [4.69, 9.17) is 0 Å². The van der Waals surface area contributed by atoms with E-state index in [2.05, 4.69) is 64.5 Å². The highest BCUT2D eigenvalue weighted by molar-refractivity contribution is 14.1. The highest BCUT2D eigenvalue weighted by atomic mass is 127. The molecule has 0 radical (unpaired) electrons. The van der Waals surface area contributed by atoms with Crippen LogP contribution >= 0.6 is 38.5 Å². The average Bonchev–Trinajstić information content (AvgIpc) is 2.99. The van der Waals surface area contributed by atoms with Gasteiger partial charge in [-0.2, -0.15) is 0 Å². The number of aliphatic hydroxyl groups excluding tert-OH is 2. The molecular formula is C38H58BrIO2. The summed E-state index contributed by atoms with van der Waals surface area (Å²) in [5.74, 6) is 0. The van der Waals surface area contributed by atoms with Crippen LogP contribution in [0.5, 0.6) is 0 Å². The number of rotatable bonds is 22. The van der Waals surface area contributed by atoms with E-state index in [0.29, 0.717) is 0 Å². The first kappa shape index (κ1) is 36.0. The molecule has 0 saturated carbocycles. The molecule has 3 rings (SSSR count). The fourth-order valence-electron chi connectivity index (χ4n) is 6.66. The number of unbranched alkanes of at least 4 members (excludes halogenated alkanes) is 18. The van der Waals surface area contributed by atoms with E-state index in [-0.39, 0.29) is 0 Å². The molecule has 42 heavy (non-hydrogen) atoms. The molecule has 236 valence electrons. The maximum Gasteiger partial charge on any atom is 0.105 e. The van der Waals surface area contributed by atoms with Gasteiger partial charge in [0.05, 0.1) is 0 Å². The second kappa shape index (κ2) is 20.6. The maximum absolute atomic E-state index is 11.4. The van der Waals surface area contributed by atoms with Gasteiger partial charge in [-0.1, -0.05) is 142 Å². The molecule has 0 aliphatic heterocycles. The lowest BCUT2D eigenvalue weighted by molar-refractivity contribution is 0.173. The standard InChI is InChI=1S/C38H58BrIO2/c1-3-5-7-9-11-13-15-17-19-21-23-29-25-31-32(38(42)34-28-36(40)35(39)27-33(34)37(31)41)26-30(29)24-22-20-18-16-14-12-10-8-6-4-2/h25-28,37-38,41-42H,3-24H2,1-2H3. The van der Waals surface area contributed by atoms with E-state index in [1.165, 1.54) is 140 Å². The molecule has 0 aromatic heterocycles. The predicted octanol–water partition coefficient (Wildman–Crippen LogP) is 12.5. The Morgan fingerprint density at radius 1 is 0.500 bits per heavy atom. The lowest BCUT2D eigenvalue weighted by Crippen LogP contribution is -2.19. The molecule has 2 aromatic carbocycles. The van der Waals surface area contributed by atoms with E-state index in [0.717, 1.165) is 43.1 Å². The Morgan fingerprint density at radius 2 is 0.810 bits per heavy atom. The number of hydrogen-bond donors (Lipinski definition) is 2. The third-order valence-corrected chi connectivity index (χ3v) is 11.6. The van der Waals surface area contributed by atoms with E-state index in [1.807, 2.05) is 12.1 Å². The van der Waals surface area contributed by atoms with Crippen molar-refractivity contribution in [1.82, 2.24) is 0 Å². The Hall–Kier alpha value is -0.430. The molecule has 0 saturated heterocycles. The van der Waals surface area contributed by atoms with E-state index in [9.17, 15) is 10.2 Å². The van der Waals surface area contributed by atoms with E-state index >= 15 is 0 Å². The number of aryl methyl sites for hydroxylation is 2. The summed E-state index contributed by atoms with van der Waals surface area (Å²) in [7, 11) is 0. The van der Waals surface area contributed by atoms with Crippen LogP contribution in [-0.4, -0.2) is 10.2 Å². The molecule has 2 N–H and O–H groups in total. The fraction of sp³-hybridized carbons (Fsp3) is 0.684. The number of fused-ring (bicyclic) bond motifs is 2. The van der Waals surface area contributed by atoms with Gasteiger partial charge in [0.15, 0.2) is 0 Å². The van der Waals surface area contributed by atoms with Crippen molar-refractivity contribution in [3.05, 3.63) is 65.7 Å². The Morgan fingerprint density at radius 3 is 1.19 bits per heavy atom. The minimum atomic E-state index is -0.690. The van der Waals surface area contributed by atoms with Crippen molar-refractivity contribution in [1.29, 1.82) is 0 Å². The number of hydrogen-bond acceptors (Lipinski definition) is 2. The summed E-state index contributed by atoms with van der Waals surface area (Å²) in [5.41, 5.74) is 6.26. The van der Waals surface area contributed by atoms with Gasteiger partial charge in [0.2, 0.25) is 0 Å². The van der Waals surface area contributed by atoms with Crippen LogP contribution in [0.25, 0.3) is 0 Å². The van der Waals surface area contributed by atoms with Crippen LogP contribution in [0.3, 0.4) is 0 Å². The van der Waals surface area contributed by atoms with Gasteiger partial charge in [-0.25, -0.2) is 0 Å². The lowest BCUT2D eigenvalue weighted by Gasteiger charge is -2.31.